The van der Waals surface area contributed by atoms with Crippen LogP contribution in [0.2, 0.25) is 0 Å². The fourth-order valence-electron chi connectivity index (χ4n) is 2.34. The molecule has 0 radical (unpaired) electrons. The zero-order valence-electron chi connectivity index (χ0n) is 12.7. The summed E-state index contributed by atoms with van der Waals surface area (Å²) in [5, 5.41) is 14.2. The van der Waals surface area contributed by atoms with Gasteiger partial charge >= 0.3 is 0 Å². The van der Waals surface area contributed by atoms with Gasteiger partial charge in [-0.15, -0.1) is 11.3 Å². The van der Waals surface area contributed by atoms with Gasteiger partial charge in [-0.2, -0.15) is 15.4 Å². The molecule has 7 nitrogen and oxygen atoms in total. The van der Waals surface area contributed by atoms with Gasteiger partial charge in [-0.3, -0.25) is 4.79 Å². The summed E-state index contributed by atoms with van der Waals surface area (Å²) in [4.78, 5) is 17.8. The van der Waals surface area contributed by atoms with Gasteiger partial charge in [-0.25, -0.2) is 4.98 Å². The lowest BCUT2D eigenvalue weighted by molar-refractivity contribution is 0.0951. The van der Waals surface area contributed by atoms with Gasteiger partial charge in [0, 0.05) is 10.4 Å². The average Bonchev–Trinajstić information content (AvgIpc) is 3.32. The Morgan fingerprint density at radius 2 is 2.17 bits per heavy atom. The summed E-state index contributed by atoms with van der Waals surface area (Å²) in [6.45, 7) is 2.34. The summed E-state index contributed by atoms with van der Waals surface area (Å²) in [6.07, 6.45) is 1.62. The van der Waals surface area contributed by atoms with E-state index in [-0.39, 0.29) is 5.91 Å². The summed E-state index contributed by atoms with van der Waals surface area (Å²) in [6, 6.07) is 8.90. The van der Waals surface area contributed by atoms with Crippen molar-refractivity contribution in [3.05, 3.63) is 52.7 Å². The van der Waals surface area contributed by atoms with Gasteiger partial charge in [-0.05, 0) is 37.3 Å². The number of nitrogens with zero attached hydrogens (tertiary/aromatic N) is 3. The van der Waals surface area contributed by atoms with Crippen molar-refractivity contribution >= 4 is 28.3 Å². The van der Waals surface area contributed by atoms with Crippen LogP contribution < -0.4 is 5.32 Å². The SMILES string of the molecule is Cc1nc(-c2ccco2)sc1CNC(=O)c1ccc2n[nH]nc2c1. The van der Waals surface area contributed by atoms with Crippen molar-refractivity contribution in [1.29, 1.82) is 0 Å². The molecule has 1 aromatic carbocycles. The van der Waals surface area contributed by atoms with Crippen molar-refractivity contribution in [1.82, 2.24) is 25.7 Å². The lowest BCUT2D eigenvalue weighted by atomic mass is 10.2. The number of fused-ring (bicyclic) bond motifs is 1. The van der Waals surface area contributed by atoms with Crippen LogP contribution in [0.5, 0.6) is 0 Å². The first-order chi connectivity index (χ1) is 11.7. The molecule has 0 atom stereocenters. The Morgan fingerprint density at radius 3 is 3.00 bits per heavy atom. The highest BCUT2D eigenvalue weighted by Crippen LogP contribution is 2.28. The number of aryl methyl sites for hydroxylation is 1. The summed E-state index contributed by atoms with van der Waals surface area (Å²) < 4.78 is 5.36. The van der Waals surface area contributed by atoms with Crippen LogP contribution in [0.4, 0.5) is 0 Å². The molecule has 0 fully saturated rings. The number of H-pyrrole nitrogens is 1. The molecule has 4 rings (SSSR count). The molecule has 0 saturated carbocycles. The van der Waals surface area contributed by atoms with Crippen LogP contribution in [0, 0.1) is 6.92 Å². The molecule has 3 aromatic heterocycles. The number of carbonyl (C=O) groups is 1. The lowest BCUT2D eigenvalue weighted by Gasteiger charge is -2.04. The van der Waals surface area contributed by atoms with Crippen molar-refractivity contribution < 1.29 is 9.21 Å². The quantitative estimate of drug-likeness (QED) is 0.596. The van der Waals surface area contributed by atoms with Gasteiger partial charge in [0.25, 0.3) is 5.91 Å². The molecule has 1 amide bonds. The van der Waals surface area contributed by atoms with Crippen LogP contribution in [-0.4, -0.2) is 26.3 Å². The first-order valence-electron chi connectivity index (χ1n) is 7.29. The molecule has 8 heteroatoms. The van der Waals surface area contributed by atoms with Crippen LogP contribution in [0.3, 0.4) is 0 Å². The summed E-state index contributed by atoms with van der Waals surface area (Å²) in [7, 11) is 0. The Hall–Kier alpha value is -3.00. The highest BCUT2D eigenvalue weighted by Gasteiger charge is 2.13. The number of amides is 1. The predicted octanol–water partition coefficient (Wildman–Crippen LogP) is 2.91. The van der Waals surface area contributed by atoms with Gasteiger partial charge in [0.2, 0.25) is 0 Å². The van der Waals surface area contributed by atoms with E-state index in [0.717, 1.165) is 26.9 Å². The Labute approximate surface area is 140 Å². The standard InChI is InChI=1S/C16H13N5O2S/c1-9-14(24-16(18-9)13-3-2-6-23-13)8-17-15(22)10-4-5-11-12(7-10)20-21-19-11/h2-7H,8H2,1H3,(H,17,22)(H,19,20,21). The molecule has 24 heavy (non-hydrogen) atoms. The van der Waals surface area contributed by atoms with Gasteiger partial charge < -0.3 is 9.73 Å². The van der Waals surface area contributed by atoms with E-state index in [0.29, 0.717) is 17.6 Å². The molecule has 4 aromatic rings. The average molecular weight is 339 g/mol. The zero-order valence-corrected chi connectivity index (χ0v) is 13.6. The molecule has 3 heterocycles. The fraction of sp³-hybridized carbons (Fsp3) is 0.125. The van der Waals surface area contributed by atoms with Crippen LogP contribution in [-0.2, 0) is 6.54 Å². The largest absolute Gasteiger partial charge is 0.462 e. The third kappa shape index (κ3) is 2.67. The monoisotopic (exact) mass is 339 g/mol. The molecular formula is C16H13N5O2S. The Morgan fingerprint density at radius 1 is 1.29 bits per heavy atom. The Bertz CT molecular complexity index is 1000. The number of hydrogen-bond donors (Lipinski definition) is 2. The highest BCUT2D eigenvalue weighted by molar-refractivity contribution is 7.15. The number of carbonyl (C=O) groups excluding carboxylic acids is 1. The normalized spacial score (nSPS) is 11.0. The van der Waals surface area contributed by atoms with E-state index in [9.17, 15) is 4.79 Å². The number of rotatable bonds is 4. The van der Waals surface area contributed by atoms with Gasteiger partial charge in [0.1, 0.15) is 11.0 Å². The molecule has 120 valence electrons. The third-order valence-electron chi connectivity index (χ3n) is 3.61. The third-order valence-corrected chi connectivity index (χ3v) is 4.78. The minimum Gasteiger partial charge on any atom is -0.462 e. The minimum atomic E-state index is -0.160. The van der Waals surface area contributed by atoms with E-state index in [1.165, 1.54) is 11.3 Å². The maximum Gasteiger partial charge on any atom is 0.251 e. The van der Waals surface area contributed by atoms with E-state index in [2.05, 4.69) is 25.7 Å². The number of thiazole rings is 1. The Balaban J connectivity index is 1.49. The van der Waals surface area contributed by atoms with E-state index >= 15 is 0 Å². The number of nitrogens with one attached hydrogen (secondary N) is 2. The highest BCUT2D eigenvalue weighted by atomic mass is 32.1. The maximum absolute atomic E-state index is 12.3. The molecule has 0 unspecified atom stereocenters. The number of aromatic nitrogens is 4. The Kier molecular flexibility index (Phi) is 3.58. The van der Waals surface area contributed by atoms with Crippen LogP contribution in [0.15, 0.2) is 41.0 Å². The minimum absolute atomic E-state index is 0.160. The number of hydrogen-bond acceptors (Lipinski definition) is 6. The predicted molar refractivity (Wildman–Crippen MR) is 89.6 cm³/mol. The molecule has 0 saturated heterocycles. The second-order valence-electron chi connectivity index (χ2n) is 5.21. The molecule has 0 aliphatic carbocycles. The van der Waals surface area contributed by atoms with Crippen molar-refractivity contribution in [2.75, 3.05) is 0 Å². The summed E-state index contributed by atoms with van der Waals surface area (Å²) >= 11 is 1.51. The first kappa shape index (κ1) is 14.6. The maximum atomic E-state index is 12.3. The molecule has 0 bridgehead atoms. The molecule has 2 N–H and O–H groups in total. The topological polar surface area (TPSA) is 96.7 Å². The lowest BCUT2D eigenvalue weighted by Crippen LogP contribution is -2.22. The molecule has 0 aliphatic rings. The van der Waals surface area contributed by atoms with E-state index in [1.54, 1.807) is 24.5 Å². The number of aromatic amines is 1. The molecule has 0 spiro atoms. The van der Waals surface area contributed by atoms with Crippen molar-refractivity contribution in [2.45, 2.75) is 13.5 Å². The number of benzene rings is 1. The van der Waals surface area contributed by atoms with E-state index in [4.69, 9.17) is 4.42 Å². The summed E-state index contributed by atoms with van der Waals surface area (Å²) in [5.41, 5.74) is 2.83. The van der Waals surface area contributed by atoms with E-state index in [1.807, 2.05) is 19.1 Å². The second-order valence-corrected chi connectivity index (χ2v) is 6.30. The second kappa shape index (κ2) is 5.89. The van der Waals surface area contributed by atoms with Crippen LogP contribution >= 0.6 is 11.3 Å². The van der Waals surface area contributed by atoms with Gasteiger partial charge in [0.05, 0.1) is 18.5 Å². The van der Waals surface area contributed by atoms with Gasteiger partial charge in [0.15, 0.2) is 10.8 Å². The van der Waals surface area contributed by atoms with Crippen molar-refractivity contribution in [3.63, 3.8) is 0 Å². The van der Waals surface area contributed by atoms with Crippen molar-refractivity contribution in [3.8, 4) is 10.8 Å². The molecular weight excluding hydrogens is 326 g/mol. The fourth-order valence-corrected chi connectivity index (χ4v) is 3.31. The zero-order chi connectivity index (χ0) is 16.5. The van der Waals surface area contributed by atoms with Crippen LogP contribution in [0.25, 0.3) is 21.8 Å². The van der Waals surface area contributed by atoms with E-state index < -0.39 is 0 Å². The van der Waals surface area contributed by atoms with Gasteiger partial charge in [-0.1, -0.05) is 0 Å². The first-order valence-corrected chi connectivity index (χ1v) is 8.11. The number of furan rings is 1. The van der Waals surface area contributed by atoms with Crippen molar-refractivity contribution in [2.24, 2.45) is 0 Å². The molecule has 0 aliphatic heterocycles. The smallest absolute Gasteiger partial charge is 0.251 e. The van der Waals surface area contributed by atoms with Crippen LogP contribution in [0.1, 0.15) is 20.9 Å². The summed E-state index contributed by atoms with van der Waals surface area (Å²) in [5.74, 6) is 0.574.